The summed E-state index contributed by atoms with van der Waals surface area (Å²) in [7, 11) is 0. The Morgan fingerprint density at radius 2 is 1.79 bits per heavy atom. The Labute approximate surface area is 142 Å². The minimum absolute atomic E-state index is 0.174. The number of benzene rings is 1. The van der Waals surface area contributed by atoms with Gasteiger partial charge in [0, 0.05) is 32.6 Å². The number of carbonyl (C=O) groups excluding carboxylic acids is 1. The molecule has 0 aliphatic carbocycles. The number of hydrogen-bond donors (Lipinski definition) is 1. The van der Waals surface area contributed by atoms with E-state index in [1.54, 1.807) is 6.07 Å². The Kier molecular flexibility index (Phi) is 5.67. The first-order valence-corrected chi connectivity index (χ1v) is 8.49. The maximum absolute atomic E-state index is 12.1. The van der Waals surface area contributed by atoms with E-state index in [0.29, 0.717) is 12.3 Å². The number of nitrogens with zero attached hydrogens (tertiary/aromatic N) is 1. The van der Waals surface area contributed by atoms with Crippen molar-refractivity contribution in [1.82, 2.24) is 10.2 Å². The van der Waals surface area contributed by atoms with Gasteiger partial charge in [0.1, 0.15) is 5.76 Å². The Morgan fingerprint density at radius 1 is 1.08 bits per heavy atom. The average molecular weight is 328 g/mol. The van der Waals surface area contributed by atoms with Crippen LogP contribution in [-0.2, 0) is 24.2 Å². The first-order chi connectivity index (χ1) is 11.7. The van der Waals surface area contributed by atoms with E-state index in [2.05, 4.69) is 34.5 Å². The van der Waals surface area contributed by atoms with Crippen LogP contribution in [0.1, 0.15) is 34.4 Å². The summed E-state index contributed by atoms with van der Waals surface area (Å²) in [5.41, 5.74) is 2.36. The van der Waals surface area contributed by atoms with Gasteiger partial charge in [-0.2, -0.15) is 0 Å². The maximum atomic E-state index is 12.1. The number of carbonyl (C=O) groups is 1. The average Bonchev–Trinajstić information content (AvgIpc) is 3.11. The summed E-state index contributed by atoms with van der Waals surface area (Å²) in [5, 5.41) is 2.89. The summed E-state index contributed by atoms with van der Waals surface area (Å²) in [6.07, 6.45) is 0.790. The molecule has 1 saturated heterocycles. The smallest absolute Gasteiger partial charge is 0.287 e. The second-order valence-corrected chi connectivity index (χ2v) is 6.01. The largest absolute Gasteiger partial charge is 0.456 e. The molecule has 1 aromatic heterocycles. The van der Waals surface area contributed by atoms with Crippen LogP contribution in [0.15, 0.2) is 40.8 Å². The van der Waals surface area contributed by atoms with Gasteiger partial charge >= 0.3 is 0 Å². The van der Waals surface area contributed by atoms with E-state index in [-0.39, 0.29) is 5.91 Å². The molecule has 0 spiro atoms. The van der Waals surface area contributed by atoms with Crippen LogP contribution in [0.5, 0.6) is 0 Å². The molecule has 5 heteroatoms. The van der Waals surface area contributed by atoms with Crippen LogP contribution >= 0.6 is 0 Å². The van der Waals surface area contributed by atoms with Crippen LogP contribution in [0.2, 0.25) is 0 Å². The topological polar surface area (TPSA) is 54.7 Å². The van der Waals surface area contributed by atoms with Crippen molar-refractivity contribution < 1.29 is 13.9 Å². The number of hydrogen-bond acceptors (Lipinski definition) is 4. The zero-order valence-electron chi connectivity index (χ0n) is 14.1. The van der Waals surface area contributed by atoms with E-state index in [0.717, 1.165) is 50.6 Å². The molecule has 24 heavy (non-hydrogen) atoms. The predicted molar refractivity (Wildman–Crippen MR) is 91.8 cm³/mol. The highest BCUT2D eigenvalue weighted by Gasteiger charge is 2.12. The van der Waals surface area contributed by atoms with Crippen molar-refractivity contribution in [2.45, 2.75) is 26.4 Å². The molecular formula is C19H24N2O3. The number of ether oxygens (including phenoxy) is 1. The molecule has 1 aliphatic rings. The standard InChI is InChI=1S/C19H24N2O3/c1-2-17-7-8-18(24-17)19(22)20-13-15-3-5-16(6-4-15)14-21-9-11-23-12-10-21/h3-8H,2,9-14H2,1H3,(H,20,22). The highest BCUT2D eigenvalue weighted by Crippen LogP contribution is 2.11. The number of nitrogens with one attached hydrogen (secondary N) is 1. The summed E-state index contributed by atoms with van der Waals surface area (Å²) in [4.78, 5) is 14.4. The summed E-state index contributed by atoms with van der Waals surface area (Å²) < 4.78 is 10.8. The second kappa shape index (κ2) is 8.13. The number of morpholine rings is 1. The van der Waals surface area contributed by atoms with Crippen molar-refractivity contribution in [3.05, 3.63) is 59.0 Å². The third-order valence-corrected chi connectivity index (χ3v) is 4.22. The van der Waals surface area contributed by atoms with E-state index >= 15 is 0 Å². The summed E-state index contributed by atoms with van der Waals surface area (Å²) in [6, 6.07) is 11.9. The predicted octanol–water partition coefficient (Wildman–Crippen LogP) is 2.60. The molecule has 0 saturated carbocycles. The molecule has 3 rings (SSSR count). The summed E-state index contributed by atoms with van der Waals surface area (Å²) in [6.45, 7) is 7.05. The molecule has 1 N–H and O–H groups in total. The van der Waals surface area contributed by atoms with E-state index in [1.165, 1.54) is 5.56 Å². The Hall–Kier alpha value is -2.11. The summed E-state index contributed by atoms with van der Waals surface area (Å²) in [5.74, 6) is 1.02. The number of furan rings is 1. The van der Waals surface area contributed by atoms with Crippen molar-refractivity contribution in [1.29, 1.82) is 0 Å². The van der Waals surface area contributed by atoms with Gasteiger partial charge in [-0.25, -0.2) is 0 Å². The molecule has 2 aromatic rings. The number of aryl methyl sites for hydroxylation is 1. The molecule has 1 amide bonds. The molecule has 0 unspecified atom stereocenters. The van der Waals surface area contributed by atoms with Crippen LogP contribution in [0.25, 0.3) is 0 Å². The van der Waals surface area contributed by atoms with Gasteiger partial charge in [-0.05, 0) is 23.3 Å². The van der Waals surface area contributed by atoms with Gasteiger partial charge in [-0.3, -0.25) is 9.69 Å². The molecule has 1 aliphatic heterocycles. The lowest BCUT2D eigenvalue weighted by molar-refractivity contribution is 0.0342. The van der Waals surface area contributed by atoms with Crippen molar-refractivity contribution >= 4 is 5.91 Å². The highest BCUT2D eigenvalue weighted by molar-refractivity contribution is 5.91. The van der Waals surface area contributed by atoms with Crippen LogP contribution in [0.3, 0.4) is 0 Å². The van der Waals surface area contributed by atoms with Gasteiger partial charge in [-0.1, -0.05) is 31.2 Å². The lowest BCUT2D eigenvalue weighted by atomic mass is 10.1. The Bertz CT molecular complexity index is 658. The van der Waals surface area contributed by atoms with Crippen molar-refractivity contribution in [3.8, 4) is 0 Å². The lowest BCUT2D eigenvalue weighted by Crippen LogP contribution is -2.35. The molecule has 2 heterocycles. The van der Waals surface area contributed by atoms with E-state index in [4.69, 9.17) is 9.15 Å². The highest BCUT2D eigenvalue weighted by atomic mass is 16.5. The third kappa shape index (κ3) is 4.46. The zero-order valence-corrected chi connectivity index (χ0v) is 14.1. The fourth-order valence-electron chi connectivity index (χ4n) is 2.74. The van der Waals surface area contributed by atoms with Crippen LogP contribution in [-0.4, -0.2) is 37.1 Å². The van der Waals surface area contributed by atoms with E-state index in [1.807, 2.05) is 13.0 Å². The molecular weight excluding hydrogens is 304 g/mol. The minimum Gasteiger partial charge on any atom is -0.456 e. The first kappa shape index (κ1) is 16.7. The Balaban J connectivity index is 1.49. The third-order valence-electron chi connectivity index (χ3n) is 4.22. The molecule has 128 valence electrons. The van der Waals surface area contributed by atoms with Gasteiger partial charge in [0.15, 0.2) is 5.76 Å². The van der Waals surface area contributed by atoms with Gasteiger partial charge in [0.25, 0.3) is 5.91 Å². The molecule has 5 nitrogen and oxygen atoms in total. The van der Waals surface area contributed by atoms with Crippen molar-refractivity contribution in [2.24, 2.45) is 0 Å². The monoisotopic (exact) mass is 328 g/mol. The first-order valence-electron chi connectivity index (χ1n) is 8.49. The maximum Gasteiger partial charge on any atom is 0.287 e. The molecule has 0 atom stereocenters. The molecule has 1 aromatic carbocycles. The number of amides is 1. The van der Waals surface area contributed by atoms with Gasteiger partial charge in [0.05, 0.1) is 13.2 Å². The van der Waals surface area contributed by atoms with E-state index < -0.39 is 0 Å². The van der Waals surface area contributed by atoms with Crippen LogP contribution in [0.4, 0.5) is 0 Å². The van der Waals surface area contributed by atoms with Gasteiger partial charge in [-0.15, -0.1) is 0 Å². The Morgan fingerprint density at radius 3 is 2.46 bits per heavy atom. The van der Waals surface area contributed by atoms with Crippen molar-refractivity contribution in [2.75, 3.05) is 26.3 Å². The molecule has 0 radical (unpaired) electrons. The molecule has 0 bridgehead atoms. The fourth-order valence-corrected chi connectivity index (χ4v) is 2.74. The van der Waals surface area contributed by atoms with Crippen LogP contribution < -0.4 is 5.32 Å². The second-order valence-electron chi connectivity index (χ2n) is 6.01. The summed E-state index contributed by atoms with van der Waals surface area (Å²) >= 11 is 0. The number of rotatable bonds is 6. The fraction of sp³-hybridized carbons (Fsp3) is 0.421. The van der Waals surface area contributed by atoms with Gasteiger partial charge in [0.2, 0.25) is 0 Å². The minimum atomic E-state index is -0.174. The normalized spacial score (nSPS) is 15.4. The van der Waals surface area contributed by atoms with Crippen LogP contribution in [0, 0.1) is 0 Å². The van der Waals surface area contributed by atoms with Crippen molar-refractivity contribution in [3.63, 3.8) is 0 Å². The van der Waals surface area contributed by atoms with E-state index in [9.17, 15) is 4.79 Å². The quantitative estimate of drug-likeness (QED) is 0.885. The lowest BCUT2D eigenvalue weighted by Gasteiger charge is -2.26. The zero-order chi connectivity index (χ0) is 16.8. The molecule has 1 fully saturated rings. The SMILES string of the molecule is CCc1ccc(C(=O)NCc2ccc(CN3CCOCC3)cc2)o1. The van der Waals surface area contributed by atoms with Gasteiger partial charge < -0.3 is 14.5 Å².